The summed E-state index contributed by atoms with van der Waals surface area (Å²) in [6, 6.07) is 0. The number of nitrogens with zero attached hydrogens (tertiary/aromatic N) is 2. The molecule has 0 saturated carbocycles. The fraction of sp³-hybridized carbons (Fsp3) is 0.667. The average molecular weight is 239 g/mol. The summed E-state index contributed by atoms with van der Waals surface area (Å²) < 4.78 is 7.14. The van der Waals surface area contributed by atoms with Gasteiger partial charge in [0.15, 0.2) is 0 Å². The third kappa shape index (κ3) is 3.56. The molecule has 0 spiro atoms. The second kappa shape index (κ2) is 5.31. The van der Waals surface area contributed by atoms with Gasteiger partial charge in [-0.25, -0.2) is 4.98 Å². The topological polar surface area (TPSA) is 56.1 Å². The van der Waals surface area contributed by atoms with E-state index in [-0.39, 0.29) is 23.1 Å². The van der Waals surface area contributed by atoms with Gasteiger partial charge in [0.25, 0.3) is 5.88 Å². The molecule has 1 heterocycles. The first-order valence-corrected chi connectivity index (χ1v) is 5.75. The number of aromatic nitrogens is 2. The van der Waals surface area contributed by atoms with Gasteiger partial charge in [-0.15, -0.1) is 0 Å². The zero-order chi connectivity index (χ0) is 13.1. The molecular weight excluding hydrogens is 218 g/mol. The summed E-state index contributed by atoms with van der Waals surface area (Å²) >= 11 is 0. The van der Waals surface area contributed by atoms with Crippen LogP contribution in [0.4, 0.5) is 0 Å². The SMILES string of the molecule is CNCC(C)Oc1nccn(C(C)(C)C)c1=O. The largest absolute Gasteiger partial charge is 0.469 e. The Hall–Kier alpha value is -1.36. The molecule has 0 aromatic carbocycles. The van der Waals surface area contributed by atoms with Crippen molar-refractivity contribution < 1.29 is 4.74 Å². The zero-order valence-corrected chi connectivity index (χ0v) is 11.2. The van der Waals surface area contributed by atoms with Crippen molar-refractivity contribution in [3.8, 4) is 5.88 Å². The van der Waals surface area contributed by atoms with Crippen LogP contribution in [0.2, 0.25) is 0 Å². The van der Waals surface area contributed by atoms with E-state index < -0.39 is 0 Å². The quantitative estimate of drug-likeness (QED) is 0.851. The normalized spacial score (nSPS) is 13.5. The minimum absolute atomic E-state index is 0.0870. The van der Waals surface area contributed by atoms with Crippen LogP contribution in [0.5, 0.6) is 5.88 Å². The first-order chi connectivity index (χ1) is 7.86. The Balaban J connectivity index is 3.00. The maximum Gasteiger partial charge on any atom is 0.313 e. The minimum atomic E-state index is -0.273. The minimum Gasteiger partial charge on any atom is -0.469 e. The lowest BCUT2D eigenvalue weighted by molar-refractivity contribution is 0.203. The summed E-state index contributed by atoms with van der Waals surface area (Å²) in [7, 11) is 1.84. The predicted octanol–water partition coefficient (Wildman–Crippen LogP) is 0.985. The standard InChI is InChI=1S/C12H21N3O2/c1-9(8-13-5)17-10-11(16)15(7-6-14-10)12(2,3)4/h6-7,9,13H,8H2,1-5H3. The van der Waals surface area contributed by atoms with Crippen molar-refractivity contribution in [2.45, 2.75) is 39.3 Å². The number of hydrogen-bond acceptors (Lipinski definition) is 4. The van der Waals surface area contributed by atoms with Gasteiger partial charge in [-0.2, -0.15) is 0 Å². The van der Waals surface area contributed by atoms with E-state index in [1.54, 1.807) is 17.0 Å². The molecule has 0 radical (unpaired) electrons. The zero-order valence-electron chi connectivity index (χ0n) is 11.2. The molecular formula is C12H21N3O2. The van der Waals surface area contributed by atoms with Gasteiger partial charge in [-0.1, -0.05) is 0 Å². The Bertz CT molecular complexity index is 420. The van der Waals surface area contributed by atoms with Crippen molar-refractivity contribution in [1.82, 2.24) is 14.9 Å². The fourth-order valence-corrected chi connectivity index (χ4v) is 1.52. The van der Waals surface area contributed by atoms with E-state index >= 15 is 0 Å². The summed E-state index contributed by atoms with van der Waals surface area (Å²) in [5.74, 6) is 0.158. The smallest absolute Gasteiger partial charge is 0.313 e. The van der Waals surface area contributed by atoms with Crippen LogP contribution in [0.25, 0.3) is 0 Å². The molecule has 0 aliphatic rings. The van der Waals surface area contributed by atoms with Gasteiger partial charge in [-0.05, 0) is 34.7 Å². The van der Waals surface area contributed by atoms with Crippen molar-refractivity contribution in [3.05, 3.63) is 22.7 Å². The Morgan fingerprint density at radius 1 is 1.53 bits per heavy atom. The van der Waals surface area contributed by atoms with Gasteiger partial charge < -0.3 is 14.6 Å². The molecule has 1 unspecified atom stereocenters. The Morgan fingerprint density at radius 3 is 2.71 bits per heavy atom. The van der Waals surface area contributed by atoms with Crippen molar-refractivity contribution in [1.29, 1.82) is 0 Å². The summed E-state index contributed by atoms with van der Waals surface area (Å²) in [5, 5.41) is 2.99. The summed E-state index contributed by atoms with van der Waals surface area (Å²) in [5.41, 5.74) is -0.465. The van der Waals surface area contributed by atoms with Crippen LogP contribution in [-0.4, -0.2) is 29.2 Å². The monoisotopic (exact) mass is 239 g/mol. The van der Waals surface area contributed by atoms with Crippen LogP contribution in [0.3, 0.4) is 0 Å². The lowest BCUT2D eigenvalue weighted by Gasteiger charge is -2.22. The molecule has 0 saturated heterocycles. The number of ether oxygens (including phenoxy) is 1. The molecule has 1 aromatic heterocycles. The lowest BCUT2D eigenvalue weighted by Crippen LogP contribution is -2.36. The number of nitrogens with one attached hydrogen (secondary N) is 1. The van der Waals surface area contributed by atoms with Crippen LogP contribution < -0.4 is 15.6 Å². The van der Waals surface area contributed by atoms with E-state index in [1.807, 2.05) is 34.7 Å². The van der Waals surface area contributed by atoms with E-state index in [0.29, 0.717) is 6.54 Å². The molecule has 1 aromatic rings. The molecule has 17 heavy (non-hydrogen) atoms. The van der Waals surface area contributed by atoms with Gasteiger partial charge in [0.2, 0.25) is 0 Å². The molecule has 96 valence electrons. The third-order valence-electron chi connectivity index (χ3n) is 2.34. The van der Waals surface area contributed by atoms with Crippen LogP contribution in [0.1, 0.15) is 27.7 Å². The van der Waals surface area contributed by atoms with E-state index in [2.05, 4.69) is 10.3 Å². The van der Waals surface area contributed by atoms with Crippen molar-refractivity contribution in [2.24, 2.45) is 0 Å². The lowest BCUT2D eigenvalue weighted by atomic mass is 10.1. The average Bonchev–Trinajstić information content (AvgIpc) is 2.19. The molecule has 5 nitrogen and oxygen atoms in total. The van der Waals surface area contributed by atoms with Gasteiger partial charge in [0.05, 0.1) is 0 Å². The fourth-order valence-electron chi connectivity index (χ4n) is 1.52. The second-order valence-electron chi connectivity index (χ2n) is 5.06. The van der Waals surface area contributed by atoms with Crippen LogP contribution in [-0.2, 0) is 5.54 Å². The van der Waals surface area contributed by atoms with E-state index in [4.69, 9.17) is 4.74 Å². The molecule has 0 aliphatic heterocycles. The molecule has 1 atom stereocenters. The molecule has 1 N–H and O–H groups in total. The first-order valence-electron chi connectivity index (χ1n) is 5.75. The van der Waals surface area contributed by atoms with E-state index in [1.165, 1.54) is 0 Å². The molecule has 5 heteroatoms. The van der Waals surface area contributed by atoms with Gasteiger partial charge in [0, 0.05) is 24.5 Å². The van der Waals surface area contributed by atoms with Crippen molar-refractivity contribution in [2.75, 3.05) is 13.6 Å². The van der Waals surface area contributed by atoms with Gasteiger partial charge in [-0.3, -0.25) is 4.79 Å². The highest BCUT2D eigenvalue weighted by atomic mass is 16.5. The summed E-state index contributed by atoms with van der Waals surface area (Å²) in [6.07, 6.45) is 3.18. The third-order valence-corrected chi connectivity index (χ3v) is 2.34. The second-order valence-corrected chi connectivity index (χ2v) is 5.06. The molecule has 0 fully saturated rings. The Kier molecular flexibility index (Phi) is 4.28. The van der Waals surface area contributed by atoms with Crippen LogP contribution in [0, 0.1) is 0 Å². The maximum atomic E-state index is 12.1. The van der Waals surface area contributed by atoms with Crippen molar-refractivity contribution in [3.63, 3.8) is 0 Å². The number of hydrogen-bond donors (Lipinski definition) is 1. The highest BCUT2D eigenvalue weighted by molar-refractivity contribution is 5.06. The maximum absolute atomic E-state index is 12.1. The van der Waals surface area contributed by atoms with Crippen molar-refractivity contribution >= 4 is 0 Å². The van der Waals surface area contributed by atoms with Gasteiger partial charge in [0.1, 0.15) is 6.10 Å². The molecule has 1 rings (SSSR count). The predicted molar refractivity (Wildman–Crippen MR) is 67.5 cm³/mol. The van der Waals surface area contributed by atoms with Crippen LogP contribution in [0.15, 0.2) is 17.2 Å². The molecule has 0 aliphatic carbocycles. The molecule has 0 bridgehead atoms. The highest BCUT2D eigenvalue weighted by Gasteiger charge is 2.18. The molecule has 0 amide bonds. The highest BCUT2D eigenvalue weighted by Crippen LogP contribution is 2.11. The van der Waals surface area contributed by atoms with Gasteiger partial charge >= 0.3 is 5.56 Å². The summed E-state index contributed by atoms with van der Waals surface area (Å²) in [4.78, 5) is 16.1. The van der Waals surface area contributed by atoms with Crippen LogP contribution >= 0.6 is 0 Å². The Labute approximate surface area is 102 Å². The first kappa shape index (κ1) is 13.7. The Morgan fingerprint density at radius 2 is 2.18 bits per heavy atom. The van der Waals surface area contributed by atoms with E-state index in [9.17, 15) is 4.79 Å². The number of likely N-dealkylation sites (N-methyl/N-ethyl adjacent to an activating group) is 1. The summed E-state index contributed by atoms with van der Waals surface area (Å²) in [6.45, 7) is 8.47. The number of rotatable bonds is 4. The van der Waals surface area contributed by atoms with E-state index in [0.717, 1.165) is 0 Å².